The van der Waals surface area contributed by atoms with Gasteiger partial charge in [-0.3, -0.25) is 4.79 Å². The highest BCUT2D eigenvalue weighted by Gasteiger charge is 2.24. The molecule has 0 unspecified atom stereocenters. The van der Waals surface area contributed by atoms with Gasteiger partial charge in [-0.15, -0.1) is 0 Å². The third kappa shape index (κ3) is 4.11. The predicted molar refractivity (Wildman–Crippen MR) is 112 cm³/mol. The Morgan fingerprint density at radius 3 is 2.29 bits per heavy atom. The van der Waals surface area contributed by atoms with Crippen molar-refractivity contribution in [3.8, 4) is 0 Å². The van der Waals surface area contributed by atoms with Crippen LogP contribution in [0.1, 0.15) is 35.7 Å². The molecule has 1 aromatic heterocycles. The number of piperidine rings is 1. The summed E-state index contributed by atoms with van der Waals surface area (Å²) in [4.78, 5) is 28.3. The lowest BCUT2D eigenvalue weighted by molar-refractivity contribution is 0.0746. The summed E-state index contributed by atoms with van der Waals surface area (Å²) in [6, 6.07) is 8.53. The van der Waals surface area contributed by atoms with E-state index in [4.69, 9.17) is 0 Å². The lowest BCUT2D eigenvalue weighted by Crippen LogP contribution is -2.48. The molecule has 0 bridgehead atoms. The molecule has 0 radical (unpaired) electrons. The summed E-state index contributed by atoms with van der Waals surface area (Å²) in [6.45, 7) is 9.53. The van der Waals surface area contributed by atoms with Gasteiger partial charge in [0.2, 0.25) is 5.95 Å². The Bertz CT molecular complexity index is 806. The minimum atomic E-state index is 0.0303. The molecular formula is C22H29N5O. The molecule has 2 fully saturated rings. The predicted octanol–water partition coefficient (Wildman–Crippen LogP) is 2.98. The number of amides is 1. The van der Waals surface area contributed by atoms with Crippen molar-refractivity contribution in [2.45, 2.75) is 26.7 Å². The van der Waals surface area contributed by atoms with Gasteiger partial charge in [0.1, 0.15) is 0 Å². The van der Waals surface area contributed by atoms with Gasteiger partial charge < -0.3 is 14.7 Å². The van der Waals surface area contributed by atoms with Crippen molar-refractivity contribution in [3.05, 3.63) is 47.8 Å². The molecule has 2 aliphatic heterocycles. The molecular weight excluding hydrogens is 350 g/mol. The highest BCUT2D eigenvalue weighted by molar-refractivity contribution is 5.93. The molecule has 6 heteroatoms. The van der Waals surface area contributed by atoms with Crippen LogP contribution in [0.3, 0.4) is 0 Å². The van der Waals surface area contributed by atoms with Gasteiger partial charge in [0, 0.05) is 57.3 Å². The topological polar surface area (TPSA) is 52.6 Å². The average Bonchev–Trinajstić information content (AvgIpc) is 2.74. The van der Waals surface area contributed by atoms with E-state index in [0.717, 1.165) is 51.1 Å². The molecule has 4 rings (SSSR count). The van der Waals surface area contributed by atoms with E-state index in [1.807, 2.05) is 4.90 Å². The Morgan fingerprint density at radius 2 is 1.64 bits per heavy atom. The first-order valence-corrected chi connectivity index (χ1v) is 10.3. The summed E-state index contributed by atoms with van der Waals surface area (Å²) in [6.07, 6.45) is 5.73. The fourth-order valence-electron chi connectivity index (χ4n) is 3.98. The van der Waals surface area contributed by atoms with E-state index in [9.17, 15) is 4.79 Å². The van der Waals surface area contributed by atoms with Crippen LogP contribution in [0.5, 0.6) is 0 Å². The molecule has 3 heterocycles. The molecule has 2 aliphatic rings. The number of aryl methyl sites for hydroxylation is 1. The number of nitrogens with zero attached hydrogens (tertiary/aromatic N) is 5. The Labute approximate surface area is 167 Å². The van der Waals surface area contributed by atoms with E-state index in [0.29, 0.717) is 5.56 Å². The van der Waals surface area contributed by atoms with E-state index in [-0.39, 0.29) is 5.91 Å². The summed E-state index contributed by atoms with van der Waals surface area (Å²) < 4.78 is 0. The van der Waals surface area contributed by atoms with Gasteiger partial charge in [-0.05, 0) is 43.4 Å². The lowest BCUT2D eigenvalue weighted by atomic mass is 10.00. The second kappa shape index (κ2) is 8.17. The van der Waals surface area contributed by atoms with Crippen LogP contribution >= 0.6 is 0 Å². The van der Waals surface area contributed by atoms with E-state index < -0.39 is 0 Å². The van der Waals surface area contributed by atoms with Crippen LogP contribution < -0.4 is 9.80 Å². The van der Waals surface area contributed by atoms with Crippen molar-refractivity contribution in [1.29, 1.82) is 0 Å². The van der Waals surface area contributed by atoms with Gasteiger partial charge in [-0.2, -0.15) is 0 Å². The van der Waals surface area contributed by atoms with Crippen LogP contribution in [-0.4, -0.2) is 60.0 Å². The lowest BCUT2D eigenvalue weighted by Gasteiger charge is -2.36. The second-order valence-corrected chi connectivity index (χ2v) is 8.06. The molecule has 0 atom stereocenters. The highest BCUT2D eigenvalue weighted by atomic mass is 16.2. The van der Waals surface area contributed by atoms with Gasteiger partial charge in [-0.25, -0.2) is 9.97 Å². The molecule has 1 aromatic carbocycles. The molecule has 2 saturated heterocycles. The Morgan fingerprint density at radius 1 is 0.964 bits per heavy atom. The van der Waals surface area contributed by atoms with Gasteiger partial charge in [-0.1, -0.05) is 19.1 Å². The number of piperazine rings is 1. The first-order valence-electron chi connectivity index (χ1n) is 10.3. The van der Waals surface area contributed by atoms with Gasteiger partial charge in [0.05, 0.1) is 5.56 Å². The first-order chi connectivity index (χ1) is 13.6. The maximum Gasteiger partial charge on any atom is 0.257 e. The van der Waals surface area contributed by atoms with Crippen LogP contribution in [0, 0.1) is 12.8 Å². The second-order valence-electron chi connectivity index (χ2n) is 8.06. The van der Waals surface area contributed by atoms with Crippen LogP contribution in [0.4, 0.5) is 11.6 Å². The maximum absolute atomic E-state index is 12.8. The summed E-state index contributed by atoms with van der Waals surface area (Å²) in [5.41, 5.74) is 3.07. The SMILES string of the molecule is Cc1cccc(N2CCN(C(=O)c3cnc(N4CCC(C)CC4)nc3)CC2)c1. The number of anilines is 2. The van der Waals surface area contributed by atoms with Gasteiger partial charge in [0.15, 0.2) is 0 Å². The fraction of sp³-hybridized carbons (Fsp3) is 0.500. The number of benzene rings is 1. The minimum Gasteiger partial charge on any atom is -0.368 e. The summed E-state index contributed by atoms with van der Waals surface area (Å²) in [5, 5.41) is 0. The van der Waals surface area contributed by atoms with Crippen molar-refractivity contribution in [3.63, 3.8) is 0 Å². The zero-order chi connectivity index (χ0) is 19.5. The number of carbonyl (C=O) groups is 1. The maximum atomic E-state index is 12.8. The number of rotatable bonds is 3. The third-order valence-electron chi connectivity index (χ3n) is 5.89. The van der Waals surface area contributed by atoms with Crippen molar-refractivity contribution < 1.29 is 4.79 Å². The normalized spacial score (nSPS) is 18.4. The van der Waals surface area contributed by atoms with E-state index >= 15 is 0 Å². The Balaban J connectivity index is 1.35. The molecule has 6 nitrogen and oxygen atoms in total. The van der Waals surface area contributed by atoms with Crippen molar-refractivity contribution in [1.82, 2.24) is 14.9 Å². The summed E-state index contributed by atoms with van der Waals surface area (Å²) in [5.74, 6) is 1.55. The molecule has 0 N–H and O–H groups in total. The fourth-order valence-corrected chi connectivity index (χ4v) is 3.98. The monoisotopic (exact) mass is 379 g/mol. The highest BCUT2D eigenvalue weighted by Crippen LogP contribution is 2.21. The van der Waals surface area contributed by atoms with Crippen LogP contribution in [0.15, 0.2) is 36.7 Å². The van der Waals surface area contributed by atoms with Crippen molar-refractivity contribution in [2.24, 2.45) is 5.92 Å². The van der Waals surface area contributed by atoms with Gasteiger partial charge >= 0.3 is 0 Å². The Hall–Kier alpha value is -2.63. The summed E-state index contributed by atoms with van der Waals surface area (Å²) >= 11 is 0. The molecule has 1 amide bonds. The molecule has 0 spiro atoms. The van der Waals surface area contributed by atoms with E-state index in [1.54, 1.807) is 12.4 Å². The van der Waals surface area contributed by atoms with Gasteiger partial charge in [0.25, 0.3) is 5.91 Å². The number of carbonyl (C=O) groups excluding carboxylic acids is 1. The molecule has 28 heavy (non-hydrogen) atoms. The quantitative estimate of drug-likeness (QED) is 0.821. The third-order valence-corrected chi connectivity index (χ3v) is 5.89. The Kier molecular flexibility index (Phi) is 5.46. The molecule has 0 saturated carbocycles. The molecule has 148 valence electrons. The molecule has 0 aliphatic carbocycles. The number of aromatic nitrogens is 2. The number of hydrogen-bond donors (Lipinski definition) is 0. The average molecular weight is 380 g/mol. The number of hydrogen-bond acceptors (Lipinski definition) is 5. The molecule has 2 aromatic rings. The first kappa shape index (κ1) is 18.7. The van der Waals surface area contributed by atoms with E-state index in [1.165, 1.54) is 24.1 Å². The van der Waals surface area contributed by atoms with Crippen LogP contribution in [0.25, 0.3) is 0 Å². The standard InChI is InChI=1S/C22H29N5O/c1-17-6-8-27(9-7-17)22-23-15-19(16-24-22)21(28)26-12-10-25(11-13-26)20-5-3-4-18(2)14-20/h3-5,14-17H,6-13H2,1-2H3. The van der Waals surface area contributed by atoms with Crippen molar-refractivity contribution >= 4 is 17.5 Å². The largest absolute Gasteiger partial charge is 0.368 e. The summed E-state index contributed by atoms with van der Waals surface area (Å²) in [7, 11) is 0. The van der Waals surface area contributed by atoms with Crippen LogP contribution in [0.2, 0.25) is 0 Å². The minimum absolute atomic E-state index is 0.0303. The zero-order valence-electron chi connectivity index (χ0n) is 16.8. The smallest absolute Gasteiger partial charge is 0.257 e. The van der Waals surface area contributed by atoms with E-state index in [2.05, 4.69) is 57.9 Å². The zero-order valence-corrected chi connectivity index (χ0v) is 16.8. The van der Waals surface area contributed by atoms with Crippen molar-refractivity contribution in [2.75, 3.05) is 49.1 Å². The van der Waals surface area contributed by atoms with Crippen LogP contribution in [-0.2, 0) is 0 Å².